The number of pyridine rings is 1. The van der Waals surface area contributed by atoms with E-state index in [0.29, 0.717) is 18.8 Å². The Bertz CT molecular complexity index is 990. The smallest absolute Gasteiger partial charge is 0.246 e. The van der Waals surface area contributed by atoms with Gasteiger partial charge in [0.1, 0.15) is 5.82 Å². The standard InChI is InChI=1S/C23H25N3O2S/c1-23(2)14-18-12-17(15-24-21(18)25-22(23)28)5-6-20(27)26-9-7-16(8-10-26)13-19-4-3-11-29-19/h3-7,11-12,15H,8-10,13-14H2,1-2H3,(H,24,25,28). The van der Waals surface area contributed by atoms with Crippen LogP contribution < -0.4 is 5.32 Å². The second-order valence-corrected chi connectivity index (χ2v) is 9.31. The first kappa shape index (κ1) is 19.6. The molecule has 0 aromatic carbocycles. The second kappa shape index (κ2) is 7.95. The molecule has 4 heterocycles. The lowest BCUT2D eigenvalue weighted by Gasteiger charge is -2.29. The molecule has 0 spiro atoms. The molecule has 150 valence electrons. The number of thiophene rings is 1. The predicted octanol–water partition coefficient (Wildman–Crippen LogP) is 4.08. The zero-order chi connectivity index (χ0) is 20.4. The van der Waals surface area contributed by atoms with E-state index in [2.05, 4.69) is 33.9 Å². The Hall–Kier alpha value is -2.73. The molecular weight excluding hydrogens is 382 g/mol. The molecule has 1 N–H and O–H groups in total. The van der Waals surface area contributed by atoms with E-state index in [1.165, 1.54) is 10.5 Å². The normalized spacial score (nSPS) is 18.3. The number of carbonyl (C=O) groups excluding carboxylic acids is 2. The summed E-state index contributed by atoms with van der Waals surface area (Å²) in [5.41, 5.74) is 2.83. The molecule has 0 saturated carbocycles. The van der Waals surface area contributed by atoms with Crippen LogP contribution in [0, 0.1) is 5.41 Å². The van der Waals surface area contributed by atoms with Gasteiger partial charge in [-0.2, -0.15) is 0 Å². The number of hydrogen-bond donors (Lipinski definition) is 1. The van der Waals surface area contributed by atoms with Gasteiger partial charge < -0.3 is 10.2 Å². The number of aromatic nitrogens is 1. The minimum absolute atomic E-state index is 0.00688. The van der Waals surface area contributed by atoms with Crippen molar-refractivity contribution in [3.05, 3.63) is 63.5 Å². The third-order valence-corrected chi connectivity index (χ3v) is 6.36. The van der Waals surface area contributed by atoms with E-state index in [0.717, 1.165) is 30.5 Å². The van der Waals surface area contributed by atoms with Crippen molar-refractivity contribution >= 4 is 35.0 Å². The molecule has 2 aliphatic rings. The van der Waals surface area contributed by atoms with Gasteiger partial charge in [-0.15, -0.1) is 11.3 Å². The molecule has 2 aliphatic heterocycles. The topological polar surface area (TPSA) is 62.3 Å². The molecule has 2 aromatic heterocycles. The van der Waals surface area contributed by atoms with Crippen LogP contribution in [0.3, 0.4) is 0 Å². The molecule has 4 rings (SSSR count). The SMILES string of the molecule is CC1(C)Cc2cc(C=CC(=O)N3CC=C(Cc4cccs4)CC3)cnc2NC1=O. The van der Waals surface area contributed by atoms with Gasteiger partial charge in [-0.05, 0) is 47.6 Å². The molecule has 2 amide bonds. The van der Waals surface area contributed by atoms with E-state index < -0.39 is 5.41 Å². The lowest BCUT2D eigenvalue weighted by molar-refractivity contribution is -0.126. The van der Waals surface area contributed by atoms with Crippen LogP contribution >= 0.6 is 11.3 Å². The Labute approximate surface area is 175 Å². The van der Waals surface area contributed by atoms with E-state index in [4.69, 9.17) is 0 Å². The number of anilines is 1. The summed E-state index contributed by atoms with van der Waals surface area (Å²) in [6, 6.07) is 6.24. The van der Waals surface area contributed by atoms with Crippen LogP contribution in [0.2, 0.25) is 0 Å². The summed E-state index contributed by atoms with van der Waals surface area (Å²) in [4.78, 5) is 32.2. The average Bonchev–Trinajstić information content (AvgIpc) is 3.20. The molecule has 29 heavy (non-hydrogen) atoms. The molecule has 0 bridgehead atoms. The maximum absolute atomic E-state index is 12.6. The first-order chi connectivity index (χ1) is 13.9. The van der Waals surface area contributed by atoms with Gasteiger partial charge in [-0.25, -0.2) is 4.98 Å². The van der Waals surface area contributed by atoms with Gasteiger partial charge in [0.25, 0.3) is 0 Å². The van der Waals surface area contributed by atoms with E-state index in [1.54, 1.807) is 23.6 Å². The lowest BCUT2D eigenvalue weighted by atomic mass is 9.82. The van der Waals surface area contributed by atoms with E-state index in [-0.39, 0.29) is 11.8 Å². The fraction of sp³-hybridized carbons (Fsp3) is 0.348. The van der Waals surface area contributed by atoms with Crippen molar-refractivity contribution in [1.29, 1.82) is 0 Å². The highest BCUT2D eigenvalue weighted by Gasteiger charge is 2.34. The van der Waals surface area contributed by atoms with E-state index in [1.807, 2.05) is 30.9 Å². The summed E-state index contributed by atoms with van der Waals surface area (Å²) in [7, 11) is 0. The van der Waals surface area contributed by atoms with E-state index >= 15 is 0 Å². The maximum Gasteiger partial charge on any atom is 0.246 e. The van der Waals surface area contributed by atoms with Crippen molar-refractivity contribution in [3.8, 4) is 0 Å². The molecule has 0 fully saturated rings. The summed E-state index contributed by atoms with van der Waals surface area (Å²) in [5.74, 6) is 0.632. The highest BCUT2D eigenvalue weighted by Crippen LogP contribution is 2.32. The predicted molar refractivity (Wildman–Crippen MR) is 117 cm³/mol. The highest BCUT2D eigenvalue weighted by molar-refractivity contribution is 7.09. The number of hydrogen-bond acceptors (Lipinski definition) is 4. The molecular formula is C23H25N3O2S. The summed E-state index contributed by atoms with van der Waals surface area (Å²) < 4.78 is 0. The molecule has 2 aromatic rings. The largest absolute Gasteiger partial charge is 0.335 e. The highest BCUT2D eigenvalue weighted by atomic mass is 32.1. The number of rotatable bonds is 4. The Morgan fingerprint density at radius 1 is 1.41 bits per heavy atom. The second-order valence-electron chi connectivity index (χ2n) is 8.28. The molecule has 6 heteroatoms. The Morgan fingerprint density at radius 3 is 3.00 bits per heavy atom. The lowest BCUT2D eigenvalue weighted by Crippen LogP contribution is -2.37. The Morgan fingerprint density at radius 2 is 2.28 bits per heavy atom. The number of nitrogens with one attached hydrogen (secondary N) is 1. The number of fused-ring (bicyclic) bond motifs is 1. The van der Waals surface area contributed by atoms with Crippen LogP contribution in [0.1, 0.15) is 36.3 Å². The van der Waals surface area contributed by atoms with Crippen molar-refractivity contribution in [2.45, 2.75) is 33.1 Å². The fourth-order valence-corrected chi connectivity index (χ4v) is 4.44. The van der Waals surface area contributed by atoms with Crippen molar-refractivity contribution in [2.24, 2.45) is 5.41 Å². The van der Waals surface area contributed by atoms with Crippen LogP contribution in [0.25, 0.3) is 6.08 Å². The quantitative estimate of drug-likeness (QED) is 0.614. The van der Waals surface area contributed by atoms with Crippen molar-refractivity contribution < 1.29 is 9.59 Å². The minimum atomic E-state index is -0.451. The van der Waals surface area contributed by atoms with Crippen LogP contribution in [0.15, 0.2) is 47.5 Å². The van der Waals surface area contributed by atoms with Gasteiger partial charge in [0, 0.05) is 42.1 Å². The number of amides is 2. The number of carbonyl (C=O) groups is 2. The van der Waals surface area contributed by atoms with Gasteiger partial charge in [0.2, 0.25) is 11.8 Å². The zero-order valence-electron chi connectivity index (χ0n) is 16.8. The van der Waals surface area contributed by atoms with Crippen molar-refractivity contribution in [3.63, 3.8) is 0 Å². The molecule has 0 atom stereocenters. The minimum Gasteiger partial charge on any atom is -0.335 e. The Balaban J connectivity index is 1.38. The molecule has 5 nitrogen and oxygen atoms in total. The zero-order valence-corrected chi connectivity index (χ0v) is 17.6. The van der Waals surface area contributed by atoms with E-state index in [9.17, 15) is 9.59 Å². The van der Waals surface area contributed by atoms with Crippen molar-refractivity contribution in [2.75, 3.05) is 18.4 Å². The third kappa shape index (κ3) is 4.48. The number of nitrogens with zero attached hydrogens (tertiary/aromatic N) is 2. The van der Waals surface area contributed by atoms with Crippen molar-refractivity contribution in [1.82, 2.24) is 9.88 Å². The molecule has 0 saturated heterocycles. The molecule has 0 unspecified atom stereocenters. The van der Waals surface area contributed by atoms with Crippen LogP contribution in [0.4, 0.5) is 5.82 Å². The van der Waals surface area contributed by atoms with Crippen LogP contribution in [-0.2, 0) is 22.4 Å². The van der Waals surface area contributed by atoms with Crippen LogP contribution in [0.5, 0.6) is 0 Å². The Kier molecular flexibility index (Phi) is 5.37. The maximum atomic E-state index is 12.6. The first-order valence-electron chi connectivity index (χ1n) is 9.88. The summed E-state index contributed by atoms with van der Waals surface area (Å²) in [6.45, 7) is 5.26. The monoisotopic (exact) mass is 407 g/mol. The van der Waals surface area contributed by atoms with Gasteiger partial charge in [-0.1, -0.05) is 31.6 Å². The summed E-state index contributed by atoms with van der Waals surface area (Å²) >= 11 is 1.78. The fourth-order valence-electron chi connectivity index (χ4n) is 3.68. The van der Waals surface area contributed by atoms with Gasteiger partial charge >= 0.3 is 0 Å². The summed E-state index contributed by atoms with van der Waals surface area (Å²) in [5, 5.41) is 4.96. The molecule has 0 radical (unpaired) electrons. The van der Waals surface area contributed by atoms with Crippen LogP contribution in [-0.4, -0.2) is 34.8 Å². The van der Waals surface area contributed by atoms with Gasteiger partial charge in [-0.3, -0.25) is 9.59 Å². The van der Waals surface area contributed by atoms with Gasteiger partial charge in [0.05, 0.1) is 0 Å². The van der Waals surface area contributed by atoms with Gasteiger partial charge in [0.15, 0.2) is 0 Å². The first-order valence-corrected chi connectivity index (χ1v) is 10.8. The molecule has 0 aliphatic carbocycles. The summed E-state index contributed by atoms with van der Waals surface area (Å²) in [6.07, 6.45) is 9.85. The third-order valence-electron chi connectivity index (χ3n) is 5.48. The average molecular weight is 408 g/mol.